The van der Waals surface area contributed by atoms with E-state index >= 15 is 0 Å². The summed E-state index contributed by atoms with van der Waals surface area (Å²) in [6.07, 6.45) is 13.5. The van der Waals surface area contributed by atoms with Gasteiger partial charge < -0.3 is 4.52 Å². The molecule has 0 bridgehead atoms. The summed E-state index contributed by atoms with van der Waals surface area (Å²) >= 11 is 0. The standard InChI is InChI=1S/C17H26N2O2/c20-15-11-7-6-10-14(15)12-16-18-17(19-21-16)13-8-4-2-1-3-5-9-13/h13-14H,1-12H2. The molecule has 2 aliphatic carbocycles. The minimum atomic E-state index is 0.115. The van der Waals surface area contributed by atoms with Gasteiger partial charge in [0.05, 0.1) is 0 Å². The van der Waals surface area contributed by atoms with E-state index in [2.05, 4.69) is 10.1 Å². The van der Waals surface area contributed by atoms with Crippen molar-refractivity contribution in [2.75, 3.05) is 0 Å². The van der Waals surface area contributed by atoms with Gasteiger partial charge in [0, 0.05) is 24.7 Å². The molecule has 4 nitrogen and oxygen atoms in total. The van der Waals surface area contributed by atoms with Crippen LogP contribution in [0.5, 0.6) is 0 Å². The Kier molecular flexibility index (Phi) is 5.04. The third-order valence-electron chi connectivity index (χ3n) is 5.06. The van der Waals surface area contributed by atoms with E-state index in [1.807, 2.05) is 0 Å². The molecule has 1 unspecified atom stereocenters. The van der Waals surface area contributed by atoms with Gasteiger partial charge in [-0.2, -0.15) is 4.98 Å². The summed E-state index contributed by atoms with van der Waals surface area (Å²) in [4.78, 5) is 16.5. The molecule has 2 fully saturated rings. The quantitative estimate of drug-likeness (QED) is 0.837. The fraction of sp³-hybridized carbons (Fsp3) is 0.824. The van der Waals surface area contributed by atoms with Gasteiger partial charge in [-0.3, -0.25) is 4.79 Å². The van der Waals surface area contributed by atoms with Crippen molar-refractivity contribution in [1.29, 1.82) is 0 Å². The number of hydrogen-bond donors (Lipinski definition) is 0. The number of carbonyl (C=O) groups is 1. The molecule has 1 aromatic rings. The molecule has 1 heterocycles. The molecule has 0 radical (unpaired) electrons. The molecule has 0 spiro atoms. The largest absolute Gasteiger partial charge is 0.339 e. The topological polar surface area (TPSA) is 56.0 Å². The first-order chi connectivity index (χ1) is 10.3. The zero-order valence-corrected chi connectivity index (χ0v) is 12.9. The van der Waals surface area contributed by atoms with E-state index < -0.39 is 0 Å². The van der Waals surface area contributed by atoms with Crippen molar-refractivity contribution in [1.82, 2.24) is 10.1 Å². The van der Waals surface area contributed by atoms with Crippen LogP contribution in [-0.2, 0) is 11.2 Å². The number of rotatable bonds is 3. The van der Waals surface area contributed by atoms with E-state index in [-0.39, 0.29) is 5.92 Å². The van der Waals surface area contributed by atoms with Gasteiger partial charge in [-0.25, -0.2) is 0 Å². The molecule has 2 aliphatic rings. The van der Waals surface area contributed by atoms with Crippen LogP contribution in [-0.4, -0.2) is 15.9 Å². The lowest BCUT2D eigenvalue weighted by Gasteiger charge is -2.18. The minimum Gasteiger partial charge on any atom is -0.339 e. The Bertz CT molecular complexity index is 461. The maximum absolute atomic E-state index is 11.9. The molecule has 2 saturated carbocycles. The van der Waals surface area contributed by atoms with Crippen molar-refractivity contribution in [2.24, 2.45) is 5.92 Å². The number of ketones is 1. The smallest absolute Gasteiger partial charge is 0.227 e. The third kappa shape index (κ3) is 3.92. The lowest BCUT2D eigenvalue weighted by Crippen LogP contribution is -2.21. The predicted octanol–water partition coefficient (Wildman–Crippen LogP) is 4.20. The molecule has 1 atom stereocenters. The van der Waals surface area contributed by atoms with E-state index in [9.17, 15) is 4.79 Å². The molecule has 0 N–H and O–H groups in total. The number of Topliss-reactive ketones (excluding diaryl/α,β-unsaturated/α-hetero) is 1. The van der Waals surface area contributed by atoms with Crippen molar-refractivity contribution >= 4 is 5.78 Å². The van der Waals surface area contributed by atoms with E-state index in [0.29, 0.717) is 24.0 Å². The maximum atomic E-state index is 11.9. The van der Waals surface area contributed by atoms with Gasteiger partial charge in [0.2, 0.25) is 5.89 Å². The number of aromatic nitrogens is 2. The molecule has 3 rings (SSSR count). The average molecular weight is 290 g/mol. The van der Waals surface area contributed by atoms with Crippen molar-refractivity contribution in [2.45, 2.75) is 83.0 Å². The molecule has 116 valence electrons. The Hall–Kier alpha value is -1.19. The van der Waals surface area contributed by atoms with E-state index in [1.165, 1.54) is 44.9 Å². The van der Waals surface area contributed by atoms with Crippen molar-refractivity contribution in [3.63, 3.8) is 0 Å². The van der Waals surface area contributed by atoms with Gasteiger partial charge in [0.25, 0.3) is 0 Å². The second-order valence-corrected chi connectivity index (χ2v) is 6.70. The van der Waals surface area contributed by atoms with E-state index in [0.717, 1.165) is 31.5 Å². The van der Waals surface area contributed by atoms with Gasteiger partial charge in [-0.15, -0.1) is 0 Å². The van der Waals surface area contributed by atoms with Crippen LogP contribution in [0.4, 0.5) is 0 Å². The van der Waals surface area contributed by atoms with Crippen LogP contribution in [0.25, 0.3) is 0 Å². The Labute approximate surface area is 126 Å². The fourth-order valence-electron chi connectivity index (χ4n) is 3.71. The maximum Gasteiger partial charge on any atom is 0.227 e. The first-order valence-electron chi connectivity index (χ1n) is 8.68. The highest BCUT2D eigenvalue weighted by molar-refractivity contribution is 5.81. The first kappa shape index (κ1) is 14.7. The van der Waals surface area contributed by atoms with Gasteiger partial charge in [-0.05, 0) is 25.7 Å². The van der Waals surface area contributed by atoms with Crippen molar-refractivity contribution < 1.29 is 9.32 Å². The molecule has 4 heteroatoms. The summed E-state index contributed by atoms with van der Waals surface area (Å²) in [6, 6.07) is 0. The van der Waals surface area contributed by atoms with E-state index in [1.54, 1.807) is 0 Å². The Morgan fingerprint density at radius 3 is 2.43 bits per heavy atom. The highest BCUT2D eigenvalue weighted by Crippen LogP contribution is 2.30. The summed E-state index contributed by atoms with van der Waals surface area (Å²) in [5.41, 5.74) is 0. The number of nitrogens with zero attached hydrogens (tertiary/aromatic N) is 2. The fourth-order valence-corrected chi connectivity index (χ4v) is 3.71. The van der Waals surface area contributed by atoms with Crippen LogP contribution >= 0.6 is 0 Å². The summed E-state index contributed by atoms with van der Waals surface area (Å²) < 4.78 is 5.43. The Balaban J connectivity index is 1.60. The number of hydrogen-bond acceptors (Lipinski definition) is 4. The molecule has 0 amide bonds. The molecule has 0 saturated heterocycles. The molecule has 0 aromatic carbocycles. The molecule has 21 heavy (non-hydrogen) atoms. The normalized spacial score (nSPS) is 25.5. The van der Waals surface area contributed by atoms with Gasteiger partial charge >= 0.3 is 0 Å². The summed E-state index contributed by atoms with van der Waals surface area (Å²) in [5.74, 6) is 2.52. The lowest BCUT2D eigenvalue weighted by molar-refractivity contribution is -0.124. The van der Waals surface area contributed by atoms with Crippen LogP contribution in [0.1, 0.15) is 88.3 Å². The van der Waals surface area contributed by atoms with Crippen LogP contribution < -0.4 is 0 Å². The zero-order valence-electron chi connectivity index (χ0n) is 12.9. The molecular formula is C17H26N2O2. The highest BCUT2D eigenvalue weighted by atomic mass is 16.5. The SMILES string of the molecule is O=C1CCCCC1Cc1nc(C2CCCCCCC2)no1. The summed E-state index contributed by atoms with van der Waals surface area (Å²) in [6.45, 7) is 0. The van der Waals surface area contributed by atoms with Crippen LogP contribution in [0.2, 0.25) is 0 Å². The second-order valence-electron chi connectivity index (χ2n) is 6.70. The summed E-state index contributed by atoms with van der Waals surface area (Å²) in [5, 5.41) is 4.21. The van der Waals surface area contributed by atoms with Gasteiger partial charge in [-0.1, -0.05) is 43.7 Å². The summed E-state index contributed by atoms with van der Waals surface area (Å²) in [7, 11) is 0. The van der Waals surface area contributed by atoms with Crippen LogP contribution in [0.15, 0.2) is 4.52 Å². The minimum absolute atomic E-state index is 0.115. The van der Waals surface area contributed by atoms with Gasteiger partial charge in [0.1, 0.15) is 5.78 Å². The zero-order chi connectivity index (χ0) is 14.5. The molecule has 0 aliphatic heterocycles. The second kappa shape index (κ2) is 7.19. The Morgan fingerprint density at radius 1 is 0.952 bits per heavy atom. The molecular weight excluding hydrogens is 264 g/mol. The van der Waals surface area contributed by atoms with Crippen molar-refractivity contribution in [3.05, 3.63) is 11.7 Å². The lowest BCUT2D eigenvalue weighted by atomic mass is 9.86. The third-order valence-corrected chi connectivity index (χ3v) is 5.06. The predicted molar refractivity (Wildman–Crippen MR) is 80.0 cm³/mol. The monoisotopic (exact) mass is 290 g/mol. The average Bonchev–Trinajstić information content (AvgIpc) is 2.89. The highest BCUT2D eigenvalue weighted by Gasteiger charge is 2.26. The van der Waals surface area contributed by atoms with Gasteiger partial charge in [0.15, 0.2) is 5.82 Å². The van der Waals surface area contributed by atoms with Crippen LogP contribution in [0, 0.1) is 5.92 Å². The van der Waals surface area contributed by atoms with E-state index in [4.69, 9.17) is 4.52 Å². The van der Waals surface area contributed by atoms with Crippen molar-refractivity contribution in [3.8, 4) is 0 Å². The first-order valence-corrected chi connectivity index (χ1v) is 8.68. The molecule has 1 aromatic heterocycles. The number of carbonyl (C=O) groups excluding carboxylic acids is 1. The van der Waals surface area contributed by atoms with Crippen LogP contribution in [0.3, 0.4) is 0 Å². The Morgan fingerprint density at radius 2 is 1.67 bits per heavy atom.